The largest absolute Gasteiger partial charge is 0.493 e. The number of carbonyl (C=O) groups excluding carboxylic acids is 2. The molecule has 1 aliphatic heterocycles. The van der Waals surface area contributed by atoms with Crippen LogP contribution >= 0.6 is 0 Å². The Kier molecular flexibility index (Phi) is 11.4. The maximum absolute atomic E-state index is 11.3. The Morgan fingerprint density at radius 2 is 1.83 bits per heavy atom. The molecular formula is C23H34O6. The van der Waals surface area contributed by atoms with Crippen LogP contribution in [0.3, 0.4) is 0 Å². The minimum Gasteiger partial charge on any atom is -0.493 e. The zero-order valence-corrected chi connectivity index (χ0v) is 17.5. The number of benzene rings is 1. The van der Waals surface area contributed by atoms with Gasteiger partial charge in [0, 0.05) is 13.2 Å². The normalized spacial score (nSPS) is 16.4. The summed E-state index contributed by atoms with van der Waals surface area (Å²) in [4.78, 5) is 22.1. The van der Waals surface area contributed by atoms with E-state index in [4.69, 9.17) is 18.9 Å². The summed E-state index contributed by atoms with van der Waals surface area (Å²) in [5.74, 6) is 0.282. The first-order chi connectivity index (χ1) is 14.1. The Morgan fingerprint density at radius 1 is 1.03 bits per heavy atom. The van der Waals surface area contributed by atoms with Gasteiger partial charge in [-0.3, -0.25) is 9.59 Å². The minimum atomic E-state index is -0.456. The van der Waals surface area contributed by atoms with Crippen molar-refractivity contribution in [1.29, 1.82) is 0 Å². The minimum absolute atomic E-state index is 0.0129. The predicted molar refractivity (Wildman–Crippen MR) is 110 cm³/mol. The van der Waals surface area contributed by atoms with Crippen LogP contribution in [0.5, 0.6) is 5.75 Å². The SMILES string of the molecule is CC(=O)CC(=O)OCCCCOc1ccccc1CCCCOC1CCCCO1. The number of hydrogen-bond donors (Lipinski definition) is 0. The Hall–Kier alpha value is -1.92. The summed E-state index contributed by atoms with van der Waals surface area (Å²) < 4.78 is 22.3. The molecule has 1 saturated heterocycles. The van der Waals surface area contributed by atoms with Gasteiger partial charge in [0.1, 0.15) is 18.0 Å². The molecule has 2 rings (SSSR count). The fraction of sp³-hybridized carbons (Fsp3) is 0.652. The van der Waals surface area contributed by atoms with Crippen molar-refractivity contribution in [2.24, 2.45) is 0 Å². The second-order valence-corrected chi connectivity index (χ2v) is 7.39. The maximum atomic E-state index is 11.3. The van der Waals surface area contributed by atoms with Crippen LogP contribution in [-0.2, 0) is 30.2 Å². The van der Waals surface area contributed by atoms with Gasteiger partial charge in [0.2, 0.25) is 0 Å². The molecule has 6 heteroatoms. The third kappa shape index (κ3) is 10.4. The molecule has 1 atom stereocenters. The first-order valence-corrected chi connectivity index (χ1v) is 10.7. The molecule has 0 aliphatic carbocycles. The highest BCUT2D eigenvalue weighted by molar-refractivity contribution is 5.94. The van der Waals surface area contributed by atoms with Crippen LogP contribution in [0.1, 0.15) is 63.9 Å². The smallest absolute Gasteiger partial charge is 0.313 e. The van der Waals surface area contributed by atoms with E-state index in [1.54, 1.807) is 0 Å². The number of rotatable bonds is 14. The van der Waals surface area contributed by atoms with E-state index < -0.39 is 5.97 Å². The molecule has 0 aromatic heterocycles. The van der Waals surface area contributed by atoms with Gasteiger partial charge in [0.25, 0.3) is 0 Å². The Bertz CT molecular complexity index is 609. The molecule has 1 aromatic carbocycles. The van der Waals surface area contributed by atoms with Gasteiger partial charge >= 0.3 is 5.97 Å². The van der Waals surface area contributed by atoms with Gasteiger partial charge in [0.15, 0.2) is 6.29 Å². The zero-order chi connectivity index (χ0) is 20.7. The molecule has 0 saturated carbocycles. The van der Waals surface area contributed by atoms with E-state index in [-0.39, 0.29) is 18.5 Å². The van der Waals surface area contributed by atoms with Gasteiger partial charge in [-0.1, -0.05) is 18.2 Å². The second kappa shape index (κ2) is 14.1. The fourth-order valence-corrected chi connectivity index (χ4v) is 3.15. The highest BCUT2D eigenvalue weighted by Gasteiger charge is 2.13. The van der Waals surface area contributed by atoms with Crippen molar-refractivity contribution >= 4 is 11.8 Å². The number of ether oxygens (including phenoxy) is 4. The summed E-state index contributed by atoms with van der Waals surface area (Å²) in [5, 5.41) is 0. The van der Waals surface area contributed by atoms with Gasteiger partial charge in [-0.05, 0) is 69.9 Å². The van der Waals surface area contributed by atoms with E-state index in [1.807, 2.05) is 18.2 Å². The summed E-state index contributed by atoms with van der Waals surface area (Å²) in [5.41, 5.74) is 1.20. The van der Waals surface area contributed by atoms with Crippen LogP contribution in [0.25, 0.3) is 0 Å². The lowest BCUT2D eigenvalue weighted by molar-refractivity contribution is -0.162. The molecule has 0 N–H and O–H groups in total. The molecule has 1 unspecified atom stereocenters. The summed E-state index contributed by atoms with van der Waals surface area (Å²) in [7, 11) is 0. The number of unbranched alkanes of at least 4 members (excludes halogenated alkanes) is 2. The van der Waals surface area contributed by atoms with Crippen molar-refractivity contribution in [3.05, 3.63) is 29.8 Å². The quantitative estimate of drug-likeness (QED) is 0.262. The molecule has 162 valence electrons. The lowest BCUT2D eigenvalue weighted by atomic mass is 10.1. The van der Waals surface area contributed by atoms with E-state index in [2.05, 4.69) is 6.07 Å². The number of esters is 1. The molecule has 1 aromatic rings. The summed E-state index contributed by atoms with van der Waals surface area (Å²) in [6, 6.07) is 8.10. The van der Waals surface area contributed by atoms with Crippen LogP contribution in [0.15, 0.2) is 24.3 Å². The third-order valence-electron chi connectivity index (χ3n) is 4.71. The van der Waals surface area contributed by atoms with E-state index in [1.165, 1.54) is 18.9 Å². The molecular weight excluding hydrogens is 372 g/mol. The van der Waals surface area contributed by atoms with Crippen LogP contribution in [0, 0.1) is 0 Å². The maximum Gasteiger partial charge on any atom is 0.313 e. The van der Waals surface area contributed by atoms with E-state index in [9.17, 15) is 9.59 Å². The Labute approximate surface area is 173 Å². The Balaban J connectivity index is 1.56. The number of para-hydroxylation sites is 1. The molecule has 0 spiro atoms. The highest BCUT2D eigenvalue weighted by atomic mass is 16.7. The lowest BCUT2D eigenvalue weighted by Crippen LogP contribution is -2.22. The third-order valence-corrected chi connectivity index (χ3v) is 4.71. The topological polar surface area (TPSA) is 71.1 Å². The first-order valence-electron chi connectivity index (χ1n) is 10.7. The molecule has 29 heavy (non-hydrogen) atoms. The van der Waals surface area contributed by atoms with E-state index in [0.717, 1.165) is 57.5 Å². The van der Waals surface area contributed by atoms with Crippen LogP contribution in [0.4, 0.5) is 0 Å². The van der Waals surface area contributed by atoms with Crippen molar-refractivity contribution in [3.8, 4) is 5.75 Å². The van der Waals surface area contributed by atoms with E-state index in [0.29, 0.717) is 19.6 Å². The van der Waals surface area contributed by atoms with Crippen molar-refractivity contribution in [1.82, 2.24) is 0 Å². The molecule has 1 aliphatic rings. The molecule has 0 radical (unpaired) electrons. The zero-order valence-electron chi connectivity index (χ0n) is 17.5. The standard InChI is InChI=1S/C23H34O6/c1-19(24)18-22(25)27-15-9-8-14-26-21-12-3-2-10-20(21)11-4-6-16-28-23-13-5-7-17-29-23/h2-3,10,12,23H,4-9,11,13-18H2,1H3. The van der Waals surface area contributed by atoms with Crippen molar-refractivity contribution < 1.29 is 28.5 Å². The monoisotopic (exact) mass is 406 g/mol. The van der Waals surface area contributed by atoms with E-state index >= 15 is 0 Å². The molecule has 0 bridgehead atoms. The predicted octanol–water partition coefficient (Wildman–Crippen LogP) is 4.23. The number of ketones is 1. The van der Waals surface area contributed by atoms with Gasteiger partial charge < -0.3 is 18.9 Å². The van der Waals surface area contributed by atoms with Crippen molar-refractivity contribution in [2.75, 3.05) is 26.4 Å². The number of aryl methyl sites for hydroxylation is 1. The summed E-state index contributed by atoms with van der Waals surface area (Å²) in [6.07, 6.45) is 7.67. The first kappa shape index (κ1) is 23.4. The van der Waals surface area contributed by atoms with Gasteiger partial charge in [-0.2, -0.15) is 0 Å². The number of Topliss-reactive ketones (excluding diaryl/α,β-unsaturated/α-hetero) is 1. The molecule has 0 amide bonds. The molecule has 6 nitrogen and oxygen atoms in total. The van der Waals surface area contributed by atoms with Gasteiger partial charge in [-0.25, -0.2) is 0 Å². The average Bonchev–Trinajstić information content (AvgIpc) is 2.71. The molecule has 1 fully saturated rings. The highest BCUT2D eigenvalue weighted by Crippen LogP contribution is 2.21. The van der Waals surface area contributed by atoms with Gasteiger partial charge in [0.05, 0.1) is 13.2 Å². The fourth-order valence-electron chi connectivity index (χ4n) is 3.15. The summed E-state index contributed by atoms with van der Waals surface area (Å²) >= 11 is 0. The average molecular weight is 407 g/mol. The number of carbonyl (C=O) groups is 2. The number of hydrogen-bond acceptors (Lipinski definition) is 6. The van der Waals surface area contributed by atoms with Crippen LogP contribution < -0.4 is 4.74 Å². The van der Waals surface area contributed by atoms with Crippen LogP contribution in [0.2, 0.25) is 0 Å². The lowest BCUT2D eigenvalue weighted by Gasteiger charge is -2.22. The van der Waals surface area contributed by atoms with Crippen molar-refractivity contribution in [2.45, 2.75) is 71.0 Å². The van der Waals surface area contributed by atoms with Gasteiger partial charge in [-0.15, -0.1) is 0 Å². The molecule has 1 heterocycles. The second-order valence-electron chi connectivity index (χ2n) is 7.39. The summed E-state index contributed by atoms with van der Waals surface area (Å²) in [6.45, 7) is 3.82. The van der Waals surface area contributed by atoms with Crippen LogP contribution in [-0.4, -0.2) is 44.5 Å². The van der Waals surface area contributed by atoms with Crippen molar-refractivity contribution in [3.63, 3.8) is 0 Å². The Morgan fingerprint density at radius 3 is 2.62 bits per heavy atom.